The van der Waals surface area contributed by atoms with E-state index in [0.29, 0.717) is 0 Å². The Morgan fingerprint density at radius 3 is 2.50 bits per heavy atom. The van der Waals surface area contributed by atoms with E-state index in [1.54, 1.807) is 0 Å². The fraction of sp³-hybridized carbons (Fsp3) is 0.875. The third-order valence-corrected chi connectivity index (χ3v) is 2.98. The lowest BCUT2D eigenvalue weighted by Gasteiger charge is -2.06. The lowest BCUT2D eigenvalue weighted by atomic mass is 10.0. The Kier molecular flexibility index (Phi) is 2.75. The molecule has 2 rings (SSSR count). The van der Waals surface area contributed by atoms with Crippen LogP contribution >= 0.6 is 12.4 Å². The molecule has 0 aromatic heterocycles. The van der Waals surface area contributed by atoms with E-state index in [9.17, 15) is 13.6 Å². The van der Waals surface area contributed by atoms with Gasteiger partial charge in [-0.15, -0.1) is 12.4 Å². The summed E-state index contributed by atoms with van der Waals surface area (Å²) < 4.78 is 30.2. The van der Waals surface area contributed by atoms with Crippen LogP contribution in [0, 0.1) is 5.41 Å². The Morgan fingerprint density at radius 1 is 1.57 bits per heavy atom. The van der Waals surface area contributed by atoms with Gasteiger partial charge >= 0.3 is 5.97 Å². The van der Waals surface area contributed by atoms with Gasteiger partial charge in [-0.25, -0.2) is 8.78 Å². The number of hydrogen-bond acceptors (Lipinski definition) is 3. The largest absolute Gasteiger partial charge is 0.468 e. The minimum Gasteiger partial charge on any atom is -0.468 e. The molecular weight excluding hydrogens is 216 g/mol. The number of nitrogens with one attached hydrogen (secondary N) is 1. The van der Waals surface area contributed by atoms with E-state index in [1.807, 2.05) is 0 Å². The van der Waals surface area contributed by atoms with Crippen LogP contribution in [0.25, 0.3) is 0 Å². The van der Waals surface area contributed by atoms with Gasteiger partial charge < -0.3 is 10.1 Å². The van der Waals surface area contributed by atoms with Crippen molar-refractivity contribution < 1.29 is 18.3 Å². The van der Waals surface area contributed by atoms with Crippen LogP contribution in [0.15, 0.2) is 0 Å². The number of carbonyl (C=O) groups excluding carboxylic acids is 1. The first kappa shape index (κ1) is 11.7. The normalized spacial score (nSPS) is 37.8. The molecule has 2 atom stereocenters. The number of halogens is 3. The van der Waals surface area contributed by atoms with Crippen LogP contribution in [0.3, 0.4) is 0 Å². The summed E-state index contributed by atoms with van der Waals surface area (Å²) in [7, 11) is 1.26. The maximum absolute atomic E-state index is 12.8. The molecule has 2 fully saturated rings. The van der Waals surface area contributed by atoms with Gasteiger partial charge in [-0.2, -0.15) is 0 Å². The molecule has 0 aromatic carbocycles. The third-order valence-electron chi connectivity index (χ3n) is 2.98. The van der Waals surface area contributed by atoms with Crippen LogP contribution in [-0.2, 0) is 9.53 Å². The number of esters is 1. The van der Waals surface area contributed by atoms with Gasteiger partial charge in [0.2, 0.25) is 0 Å². The van der Waals surface area contributed by atoms with Gasteiger partial charge in [-0.1, -0.05) is 0 Å². The molecule has 1 aliphatic heterocycles. The number of hydrogen-bond donors (Lipinski definition) is 1. The molecular formula is C8H12ClF2NO2. The summed E-state index contributed by atoms with van der Waals surface area (Å²) in [6, 6.07) is -0.543. The van der Waals surface area contributed by atoms with E-state index in [2.05, 4.69) is 10.1 Å². The molecule has 2 unspecified atom stereocenters. The first-order valence-electron chi connectivity index (χ1n) is 4.20. The molecule has 0 aromatic rings. The molecule has 1 aliphatic carbocycles. The highest BCUT2D eigenvalue weighted by Crippen LogP contribution is 2.64. The lowest BCUT2D eigenvalue weighted by molar-refractivity contribution is -0.142. The Bertz CT molecular complexity index is 262. The van der Waals surface area contributed by atoms with Crippen LogP contribution in [0.4, 0.5) is 8.78 Å². The SMILES string of the molecule is COC(=O)C1CC2(CN1)CC2(F)F.Cl. The average molecular weight is 228 g/mol. The quantitative estimate of drug-likeness (QED) is 0.679. The average Bonchev–Trinajstić information content (AvgIpc) is 2.50. The van der Waals surface area contributed by atoms with Crippen molar-refractivity contribution in [1.82, 2.24) is 5.32 Å². The maximum Gasteiger partial charge on any atom is 0.322 e. The van der Waals surface area contributed by atoms with Crippen molar-refractivity contribution in [1.29, 1.82) is 0 Å². The second-order valence-electron chi connectivity index (χ2n) is 3.82. The van der Waals surface area contributed by atoms with E-state index < -0.39 is 23.3 Å². The number of methoxy groups -OCH3 is 1. The van der Waals surface area contributed by atoms with Gasteiger partial charge in [0.05, 0.1) is 12.5 Å². The Hall–Kier alpha value is -0.420. The highest BCUT2D eigenvalue weighted by molar-refractivity contribution is 5.85. The van der Waals surface area contributed by atoms with Crippen LogP contribution < -0.4 is 5.32 Å². The van der Waals surface area contributed by atoms with Crippen molar-refractivity contribution in [3.05, 3.63) is 0 Å². The number of alkyl halides is 2. The fourth-order valence-corrected chi connectivity index (χ4v) is 1.96. The van der Waals surface area contributed by atoms with Crippen molar-refractivity contribution in [3.8, 4) is 0 Å². The monoisotopic (exact) mass is 227 g/mol. The summed E-state index contributed by atoms with van der Waals surface area (Å²) in [5.74, 6) is -3.03. The lowest BCUT2D eigenvalue weighted by Crippen LogP contribution is -2.31. The Balaban J connectivity index is 0.000000980. The van der Waals surface area contributed by atoms with Gasteiger partial charge in [-0.3, -0.25) is 4.79 Å². The molecule has 1 spiro atoms. The summed E-state index contributed by atoms with van der Waals surface area (Å²) in [5.41, 5.74) is -0.953. The van der Waals surface area contributed by atoms with E-state index in [4.69, 9.17) is 0 Å². The van der Waals surface area contributed by atoms with E-state index in [-0.39, 0.29) is 31.8 Å². The van der Waals surface area contributed by atoms with Crippen LogP contribution in [-0.4, -0.2) is 31.6 Å². The first-order chi connectivity index (χ1) is 6.01. The van der Waals surface area contributed by atoms with Crippen molar-refractivity contribution in [2.75, 3.05) is 13.7 Å². The molecule has 6 heteroatoms. The molecule has 14 heavy (non-hydrogen) atoms. The fourth-order valence-electron chi connectivity index (χ4n) is 1.96. The van der Waals surface area contributed by atoms with Gasteiger partial charge in [-0.05, 0) is 6.42 Å². The molecule has 0 amide bonds. The van der Waals surface area contributed by atoms with E-state index in [1.165, 1.54) is 7.11 Å². The topological polar surface area (TPSA) is 38.3 Å². The summed E-state index contributed by atoms with van der Waals surface area (Å²) in [5, 5.41) is 2.76. The van der Waals surface area contributed by atoms with Gasteiger partial charge in [0.1, 0.15) is 6.04 Å². The van der Waals surface area contributed by atoms with Gasteiger partial charge in [0, 0.05) is 13.0 Å². The Morgan fingerprint density at radius 2 is 2.14 bits per heavy atom. The van der Waals surface area contributed by atoms with Crippen molar-refractivity contribution >= 4 is 18.4 Å². The molecule has 1 N–H and O–H groups in total. The zero-order valence-corrected chi connectivity index (χ0v) is 8.50. The molecule has 2 aliphatic rings. The standard InChI is InChI=1S/C8H11F2NO2.ClH/c1-13-6(12)5-2-7(4-11-5)3-8(7,9)10;/h5,11H,2-4H2,1H3;1H. The minimum atomic E-state index is -2.58. The second-order valence-corrected chi connectivity index (χ2v) is 3.82. The Labute approximate surface area is 86.6 Å². The number of rotatable bonds is 1. The van der Waals surface area contributed by atoms with Crippen LogP contribution in [0.1, 0.15) is 12.8 Å². The zero-order valence-electron chi connectivity index (χ0n) is 7.68. The molecule has 0 radical (unpaired) electrons. The van der Waals surface area contributed by atoms with E-state index >= 15 is 0 Å². The second kappa shape index (κ2) is 3.31. The minimum absolute atomic E-state index is 0. The highest BCUT2D eigenvalue weighted by atomic mass is 35.5. The number of carbonyl (C=O) groups is 1. The van der Waals surface area contributed by atoms with Gasteiger partial charge in [0.15, 0.2) is 0 Å². The van der Waals surface area contributed by atoms with Crippen molar-refractivity contribution in [3.63, 3.8) is 0 Å². The summed E-state index contributed by atoms with van der Waals surface area (Å²) in [6.45, 7) is 0.222. The number of ether oxygens (including phenoxy) is 1. The molecule has 1 saturated heterocycles. The van der Waals surface area contributed by atoms with Crippen molar-refractivity contribution in [2.24, 2.45) is 5.41 Å². The molecule has 3 nitrogen and oxygen atoms in total. The molecule has 1 heterocycles. The summed E-state index contributed by atoms with van der Waals surface area (Å²) in [6.07, 6.45) is 0.104. The summed E-state index contributed by atoms with van der Waals surface area (Å²) >= 11 is 0. The predicted octanol–water partition coefficient (Wildman–Crippen LogP) is 0.968. The highest BCUT2D eigenvalue weighted by Gasteiger charge is 2.73. The van der Waals surface area contributed by atoms with Crippen molar-refractivity contribution in [2.45, 2.75) is 24.8 Å². The molecule has 1 saturated carbocycles. The van der Waals surface area contributed by atoms with E-state index in [0.717, 1.165) is 0 Å². The maximum atomic E-state index is 12.8. The predicted molar refractivity (Wildman–Crippen MR) is 47.7 cm³/mol. The molecule has 0 bridgehead atoms. The third kappa shape index (κ3) is 1.48. The van der Waals surface area contributed by atoms with Gasteiger partial charge in [0.25, 0.3) is 5.92 Å². The first-order valence-corrected chi connectivity index (χ1v) is 4.20. The van der Waals surface area contributed by atoms with Crippen LogP contribution in [0.5, 0.6) is 0 Å². The zero-order chi connectivity index (χ0) is 9.69. The van der Waals surface area contributed by atoms with Crippen LogP contribution in [0.2, 0.25) is 0 Å². The summed E-state index contributed by atoms with van der Waals surface area (Å²) in [4.78, 5) is 11.0. The molecule has 82 valence electrons. The smallest absolute Gasteiger partial charge is 0.322 e.